The summed E-state index contributed by atoms with van der Waals surface area (Å²) in [6.07, 6.45) is 0. The molecule has 2 rings (SSSR count). The molecule has 0 saturated carbocycles. The molecule has 0 aliphatic carbocycles. The molecule has 1 unspecified atom stereocenters. The summed E-state index contributed by atoms with van der Waals surface area (Å²) in [5, 5.41) is 6.22. The van der Waals surface area contributed by atoms with Crippen LogP contribution in [0.5, 0.6) is 0 Å². The van der Waals surface area contributed by atoms with Gasteiger partial charge < -0.3 is 5.32 Å². The Bertz CT molecular complexity index is 530. The first-order valence-electron chi connectivity index (χ1n) is 6.05. The molecule has 0 saturated heterocycles. The van der Waals surface area contributed by atoms with Crippen LogP contribution in [-0.2, 0) is 0 Å². The van der Waals surface area contributed by atoms with Crippen molar-refractivity contribution in [1.29, 1.82) is 0 Å². The van der Waals surface area contributed by atoms with Crippen molar-refractivity contribution in [2.24, 2.45) is 0 Å². The molecule has 1 aromatic carbocycles. The Hall–Kier alpha value is -0.550. The highest BCUT2D eigenvalue weighted by atomic mass is 35.5. The van der Waals surface area contributed by atoms with E-state index in [9.17, 15) is 4.39 Å². The molecule has 1 N–H and O–H groups in total. The molecule has 1 aromatic heterocycles. The Labute approximate surface area is 126 Å². The maximum absolute atomic E-state index is 13.1. The largest absolute Gasteiger partial charge is 0.309 e. The van der Waals surface area contributed by atoms with Gasteiger partial charge in [0.25, 0.3) is 0 Å². The third-order valence-corrected chi connectivity index (χ3v) is 5.18. The van der Waals surface area contributed by atoms with Crippen molar-refractivity contribution >= 4 is 34.7 Å². The first-order valence-corrected chi connectivity index (χ1v) is 8.29. The van der Waals surface area contributed by atoms with Gasteiger partial charge in [0.2, 0.25) is 0 Å². The van der Waals surface area contributed by atoms with Crippen molar-refractivity contribution < 1.29 is 4.39 Å². The summed E-state index contributed by atoms with van der Waals surface area (Å²) in [4.78, 5) is 2.09. The van der Waals surface area contributed by atoms with Gasteiger partial charge in [0.15, 0.2) is 0 Å². The first-order chi connectivity index (χ1) is 9.20. The van der Waals surface area contributed by atoms with Crippen LogP contribution >= 0.6 is 34.7 Å². The zero-order valence-corrected chi connectivity index (χ0v) is 12.9. The number of halogens is 2. The smallest absolute Gasteiger partial charge is 0.124 e. The van der Waals surface area contributed by atoms with Crippen molar-refractivity contribution in [3.63, 3.8) is 0 Å². The predicted octanol–water partition coefficient (Wildman–Crippen LogP) is 4.98. The van der Waals surface area contributed by atoms with E-state index in [1.165, 1.54) is 6.07 Å². The lowest BCUT2D eigenvalue weighted by atomic mass is 10.3. The van der Waals surface area contributed by atoms with E-state index in [-0.39, 0.29) is 11.9 Å². The van der Waals surface area contributed by atoms with Crippen LogP contribution in [0.3, 0.4) is 0 Å². The number of hydrogen-bond acceptors (Lipinski definition) is 3. The van der Waals surface area contributed by atoms with Crippen LogP contribution in [0.4, 0.5) is 4.39 Å². The summed E-state index contributed by atoms with van der Waals surface area (Å²) in [7, 11) is 0. The highest BCUT2D eigenvalue weighted by molar-refractivity contribution is 7.99. The van der Waals surface area contributed by atoms with Crippen LogP contribution in [0, 0.1) is 5.82 Å². The molecule has 0 amide bonds. The normalized spacial score (nSPS) is 12.6. The van der Waals surface area contributed by atoms with Gasteiger partial charge in [0, 0.05) is 15.5 Å². The molecule has 102 valence electrons. The summed E-state index contributed by atoms with van der Waals surface area (Å²) >= 11 is 9.47. The molecular formula is C14H15ClFNS2. The minimum Gasteiger partial charge on any atom is -0.309 e. The summed E-state index contributed by atoms with van der Waals surface area (Å²) in [6.45, 7) is 2.95. The third-order valence-electron chi connectivity index (χ3n) is 2.62. The van der Waals surface area contributed by atoms with Gasteiger partial charge in [-0.15, -0.1) is 23.1 Å². The van der Waals surface area contributed by atoms with Crippen LogP contribution in [0.25, 0.3) is 0 Å². The van der Waals surface area contributed by atoms with Gasteiger partial charge in [0.05, 0.1) is 11.1 Å². The highest BCUT2D eigenvalue weighted by Crippen LogP contribution is 2.32. The molecule has 1 heterocycles. The molecule has 0 spiro atoms. The number of rotatable bonds is 6. The van der Waals surface area contributed by atoms with E-state index < -0.39 is 0 Å². The maximum Gasteiger partial charge on any atom is 0.124 e. The van der Waals surface area contributed by atoms with Gasteiger partial charge in [-0.2, -0.15) is 0 Å². The lowest BCUT2D eigenvalue weighted by molar-refractivity contribution is 0.614. The second-order valence-electron chi connectivity index (χ2n) is 4.01. The van der Waals surface area contributed by atoms with Crippen LogP contribution < -0.4 is 5.32 Å². The van der Waals surface area contributed by atoms with Crippen LogP contribution in [0.15, 0.2) is 40.6 Å². The SMILES string of the molecule is CCNC(CSc1cccc(F)c1)c1sccc1Cl. The molecule has 0 aliphatic heterocycles. The van der Waals surface area contributed by atoms with Crippen LogP contribution in [0.2, 0.25) is 5.02 Å². The molecule has 1 atom stereocenters. The van der Waals surface area contributed by atoms with Gasteiger partial charge in [0.1, 0.15) is 5.82 Å². The molecular weight excluding hydrogens is 301 g/mol. The predicted molar refractivity (Wildman–Crippen MR) is 82.9 cm³/mol. The maximum atomic E-state index is 13.1. The number of nitrogens with one attached hydrogen (secondary N) is 1. The molecule has 0 fully saturated rings. The Balaban J connectivity index is 2.04. The van der Waals surface area contributed by atoms with Crippen molar-refractivity contribution in [1.82, 2.24) is 5.32 Å². The van der Waals surface area contributed by atoms with Gasteiger partial charge in [-0.1, -0.05) is 24.6 Å². The van der Waals surface area contributed by atoms with Gasteiger partial charge >= 0.3 is 0 Å². The average molecular weight is 316 g/mol. The number of benzene rings is 1. The topological polar surface area (TPSA) is 12.0 Å². The lowest BCUT2D eigenvalue weighted by Crippen LogP contribution is -2.22. The zero-order chi connectivity index (χ0) is 13.7. The number of hydrogen-bond donors (Lipinski definition) is 1. The standard InChI is InChI=1S/C14H15ClFNS2/c1-2-17-13(14-12(15)6-7-18-14)9-19-11-5-3-4-10(16)8-11/h3-8,13,17H,2,9H2,1H3. The molecule has 0 aliphatic rings. The minimum absolute atomic E-state index is 0.195. The van der Waals surface area contributed by atoms with E-state index in [0.717, 1.165) is 27.1 Å². The van der Waals surface area contributed by atoms with E-state index >= 15 is 0 Å². The van der Waals surface area contributed by atoms with Crippen LogP contribution in [-0.4, -0.2) is 12.3 Å². The monoisotopic (exact) mass is 315 g/mol. The van der Waals surface area contributed by atoms with Crippen molar-refractivity contribution in [2.75, 3.05) is 12.3 Å². The van der Waals surface area contributed by atoms with Crippen molar-refractivity contribution in [3.05, 3.63) is 51.4 Å². The molecule has 0 radical (unpaired) electrons. The lowest BCUT2D eigenvalue weighted by Gasteiger charge is -2.16. The van der Waals surface area contributed by atoms with E-state index in [2.05, 4.69) is 12.2 Å². The van der Waals surface area contributed by atoms with Gasteiger partial charge in [-0.3, -0.25) is 0 Å². The molecule has 2 aromatic rings. The van der Waals surface area contributed by atoms with E-state index in [1.807, 2.05) is 17.5 Å². The highest BCUT2D eigenvalue weighted by Gasteiger charge is 2.15. The fourth-order valence-electron chi connectivity index (χ4n) is 1.76. The summed E-state index contributed by atoms with van der Waals surface area (Å²) in [6, 6.07) is 8.79. The van der Waals surface area contributed by atoms with Crippen molar-refractivity contribution in [2.45, 2.75) is 17.9 Å². The first kappa shape index (κ1) is 14.9. The molecule has 5 heteroatoms. The van der Waals surface area contributed by atoms with Crippen molar-refractivity contribution in [3.8, 4) is 0 Å². The van der Waals surface area contributed by atoms with E-state index in [4.69, 9.17) is 11.6 Å². The minimum atomic E-state index is -0.195. The fraction of sp³-hybridized carbons (Fsp3) is 0.286. The van der Waals surface area contributed by atoms with Gasteiger partial charge in [-0.05, 0) is 36.2 Å². The van der Waals surface area contributed by atoms with E-state index in [0.29, 0.717) is 0 Å². The van der Waals surface area contributed by atoms with E-state index in [1.54, 1.807) is 35.2 Å². The second-order valence-corrected chi connectivity index (χ2v) is 6.46. The summed E-state index contributed by atoms with van der Waals surface area (Å²) < 4.78 is 13.1. The Morgan fingerprint density at radius 2 is 2.26 bits per heavy atom. The summed E-state index contributed by atoms with van der Waals surface area (Å²) in [5.74, 6) is 0.636. The Kier molecular flexibility index (Phi) is 5.70. The van der Waals surface area contributed by atoms with Crippen LogP contribution in [0.1, 0.15) is 17.8 Å². The second kappa shape index (κ2) is 7.29. The fourth-order valence-corrected chi connectivity index (χ4v) is 4.15. The zero-order valence-electron chi connectivity index (χ0n) is 10.5. The molecule has 1 nitrogen and oxygen atoms in total. The number of thioether (sulfide) groups is 1. The Morgan fingerprint density at radius 3 is 2.89 bits per heavy atom. The molecule has 0 bridgehead atoms. The number of thiophene rings is 1. The third kappa shape index (κ3) is 4.21. The summed E-state index contributed by atoms with van der Waals surface area (Å²) in [5.41, 5.74) is 0. The Morgan fingerprint density at radius 1 is 1.42 bits per heavy atom. The quantitative estimate of drug-likeness (QED) is 0.754. The molecule has 19 heavy (non-hydrogen) atoms. The average Bonchev–Trinajstić information content (AvgIpc) is 2.81. The van der Waals surface area contributed by atoms with Gasteiger partial charge in [-0.25, -0.2) is 4.39 Å².